The molecular formula is C18H19NO9S. The summed E-state index contributed by atoms with van der Waals surface area (Å²) >= 11 is 0. The maximum Gasteiger partial charge on any atom is 0.341 e. The van der Waals surface area contributed by atoms with Crippen molar-refractivity contribution in [3.63, 3.8) is 0 Å². The number of hydrogen-bond donors (Lipinski definition) is 1. The van der Waals surface area contributed by atoms with Crippen molar-refractivity contribution in [2.45, 2.75) is 42.9 Å². The lowest BCUT2D eigenvalue weighted by molar-refractivity contribution is -0.167. The molecular weight excluding hydrogens is 406 g/mol. The van der Waals surface area contributed by atoms with Gasteiger partial charge in [-0.25, -0.2) is 18.0 Å². The number of nitrogens with zero attached hydrogens (tertiary/aromatic N) is 1. The van der Waals surface area contributed by atoms with Gasteiger partial charge < -0.3 is 19.5 Å². The first-order chi connectivity index (χ1) is 13.5. The summed E-state index contributed by atoms with van der Waals surface area (Å²) in [6, 6.07) is 4.58. The number of sulfone groups is 1. The molecule has 0 unspecified atom stereocenters. The number of fused-ring (bicyclic) bond motifs is 1. The maximum absolute atomic E-state index is 12.5. The number of β-lactam (4-membered cyclic amide) rings is 1. The van der Waals surface area contributed by atoms with Crippen LogP contribution in [0.25, 0.3) is 0 Å². The fourth-order valence-electron chi connectivity index (χ4n) is 3.54. The number of hydrogen-bond acceptors (Lipinski definition) is 8. The Labute approximate surface area is 166 Å². The van der Waals surface area contributed by atoms with Crippen molar-refractivity contribution in [2.24, 2.45) is 0 Å². The number of carboxylic acids is 1. The second kappa shape index (κ2) is 7.14. The molecule has 2 fully saturated rings. The number of carbonyl (C=O) groups is 4. The van der Waals surface area contributed by atoms with Crippen molar-refractivity contribution < 1.29 is 42.2 Å². The van der Waals surface area contributed by atoms with E-state index in [0.717, 1.165) is 4.90 Å². The van der Waals surface area contributed by atoms with Crippen LogP contribution >= 0.6 is 0 Å². The van der Waals surface area contributed by atoms with Gasteiger partial charge in [0.1, 0.15) is 11.4 Å². The van der Waals surface area contributed by atoms with Gasteiger partial charge >= 0.3 is 17.9 Å². The van der Waals surface area contributed by atoms with Gasteiger partial charge in [0.2, 0.25) is 12.7 Å². The average Bonchev–Trinajstić information content (AvgIpc) is 2.75. The molecule has 2 heterocycles. The number of carboxylic acid groups (broad SMARTS) is 1. The Balaban J connectivity index is 1.66. The molecule has 10 nitrogen and oxygen atoms in total. The van der Waals surface area contributed by atoms with Crippen LogP contribution < -0.4 is 0 Å². The largest absolute Gasteiger partial charge is 0.481 e. The molecule has 1 aromatic rings. The number of aliphatic carboxylic acids is 1. The number of esters is 2. The first-order valence-corrected chi connectivity index (χ1v) is 10.2. The predicted octanol–water partition coefficient (Wildman–Crippen LogP) is 0.105. The second-order valence-electron chi connectivity index (χ2n) is 7.25. The van der Waals surface area contributed by atoms with Gasteiger partial charge in [-0.05, 0) is 25.5 Å². The van der Waals surface area contributed by atoms with E-state index in [-0.39, 0.29) is 17.5 Å². The highest BCUT2D eigenvalue weighted by Gasteiger charge is 2.68. The van der Waals surface area contributed by atoms with Crippen LogP contribution in [-0.4, -0.2) is 65.2 Å². The molecule has 0 aliphatic carbocycles. The van der Waals surface area contributed by atoms with Crippen LogP contribution in [0, 0.1) is 0 Å². The van der Waals surface area contributed by atoms with Gasteiger partial charge in [-0.3, -0.25) is 9.59 Å². The fraction of sp³-hybridized carbons (Fsp3) is 0.444. The zero-order chi connectivity index (χ0) is 21.6. The lowest BCUT2D eigenvalue weighted by Gasteiger charge is -2.36. The van der Waals surface area contributed by atoms with E-state index in [1.165, 1.54) is 32.0 Å². The predicted molar refractivity (Wildman–Crippen MR) is 96.2 cm³/mol. The van der Waals surface area contributed by atoms with E-state index in [2.05, 4.69) is 0 Å². The third-order valence-corrected chi connectivity index (χ3v) is 7.97. The summed E-state index contributed by atoms with van der Waals surface area (Å²) in [5.74, 6) is -3.49. The van der Waals surface area contributed by atoms with E-state index in [1.54, 1.807) is 6.07 Å². The van der Waals surface area contributed by atoms with Crippen LogP contribution in [-0.2, 0) is 40.1 Å². The first kappa shape index (κ1) is 20.8. The summed E-state index contributed by atoms with van der Waals surface area (Å²) in [7, 11) is -3.75. The Kier molecular flexibility index (Phi) is 5.11. The van der Waals surface area contributed by atoms with Crippen molar-refractivity contribution in [1.29, 1.82) is 0 Å². The average molecular weight is 425 g/mol. The van der Waals surface area contributed by atoms with Crippen molar-refractivity contribution in [3.05, 3.63) is 35.4 Å². The highest BCUT2D eigenvalue weighted by Crippen LogP contribution is 2.45. The molecule has 2 aliphatic rings. The van der Waals surface area contributed by atoms with E-state index < -0.39 is 63.0 Å². The minimum Gasteiger partial charge on any atom is -0.481 e. The molecule has 1 N–H and O–H groups in total. The summed E-state index contributed by atoms with van der Waals surface area (Å²) in [4.78, 5) is 48.4. The smallest absolute Gasteiger partial charge is 0.341 e. The summed E-state index contributed by atoms with van der Waals surface area (Å²) in [6.45, 7) is 1.88. The number of benzene rings is 1. The van der Waals surface area contributed by atoms with Gasteiger partial charge in [0.15, 0.2) is 9.84 Å². The third kappa shape index (κ3) is 3.35. The number of amides is 1. The monoisotopic (exact) mass is 425 g/mol. The highest BCUT2D eigenvalue weighted by molar-refractivity contribution is 7.93. The normalized spacial score (nSPS) is 23.7. The highest BCUT2D eigenvalue weighted by atomic mass is 32.2. The minimum absolute atomic E-state index is 0.00714. The van der Waals surface area contributed by atoms with Gasteiger partial charge in [-0.2, -0.15) is 0 Å². The lowest BCUT2D eigenvalue weighted by atomic mass is 9.98. The van der Waals surface area contributed by atoms with Crippen LogP contribution in [0.5, 0.6) is 0 Å². The molecule has 29 heavy (non-hydrogen) atoms. The van der Waals surface area contributed by atoms with Gasteiger partial charge in [0.05, 0.1) is 23.2 Å². The van der Waals surface area contributed by atoms with E-state index >= 15 is 0 Å². The van der Waals surface area contributed by atoms with E-state index in [0.29, 0.717) is 0 Å². The second-order valence-corrected chi connectivity index (χ2v) is 9.94. The maximum atomic E-state index is 12.5. The van der Waals surface area contributed by atoms with Crippen LogP contribution in [0.2, 0.25) is 0 Å². The Hall–Kier alpha value is -2.95. The minimum atomic E-state index is -3.75. The Morgan fingerprint density at radius 2 is 1.86 bits per heavy atom. The fourth-order valence-corrected chi connectivity index (χ4v) is 5.67. The molecule has 11 heteroatoms. The van der Waals surface area contributed by atoms with Gasteiger partial charge in [-0.15, -0.1) is 0 Å². The molecule has 3 rings (SSSR count). The van der Waals surface area contributed by atoms with E-state index in [1.807, 2.05) is 0 Å². The van der Waals surface area contributed by atoms with E-state index in [4.69, 9.17) is 14.6 Å². The summed E-state index contributed by atoms with van der Waals surface area (Å²) in [5, 5.41) is 7.86. The van der Waals surface area contributed by atoms with Crippen molar-refractivity contribution in [3.8, 4) is 0 Å². The van der Waals surface area contributed by atoms with Crippen LogP contribution in [0.1, 0.15) is 36.2 Å². The van der Waals surface area contributed by atoms with Crippen molar-refractivity contribution in [1.82, 2.24) is 4.90 Å². The molecule has 0 bridgehead atoms. The quantitative estimate of drug-likeness (QED) is 0.381. The Morgan fingerprint density at radius 3 is 2.48 bits per heavy atom. The number of ether oxygens (including phenoxy) is 2. The summed E-state index contributed by atoms with van der Waals surface area (Å²) in [6.07, 6.45) is -0.567. The standard InChI is InChI=1S/C18H19NO9S/c1-18(2)15(19-12(20)8-13(19)29(18,25)26)17(24)28-9-27-16(23)11-6-4-3-5-10(11)7-14(21)22/h3-6,13,15H,7-9H2,1-2H3,(H,21,22)/t13-,15+/m1/s1. The van der Waals surface area contributed by atoms with Crippen LogP contribution in [0.3, 0.4) is 0 Å². The van der Waals surface area contributed by atoms with Gasteiger partial charge in [0.25, 0.3) is 0 Å². The van der Waals surface area contributed by atoms with Gasteiger partial charge in [0, 0.05) is 0 Å². The Bertz CT molecular complexity index is 998. The van der Waals surface area contributed by atoms with Crippen LogP contribution in [0.4, 0.5) is 0 Å². The number of carbonyl (C=O) groups excluding carboxylic acids is 3. The molecule has 2 saturated heterocycles. The molecule has 1 aromatic carbocycles. The topological polar surface area (TPSA) is 144 Å². The lowest BCUT2D eigenvalue weighted by Crippen LogP contribution is -2.57. The Morgan fingerprint density at radius 1 is 1.21 bits per heavy atom. The van der Waals surface area contributed by atoms with Crippen molar-refractivity contribution >= 4 is 33.7 Å². The molecule has 0 saturated carbocycles. The van der Waals surface area contributed by atoms with Crippen LogP contribution in [0.15, 0.2) is 24.3 Å². The molecule has 1 amide bonds. The molecule has 2 aliphatic heterocycles. The molecule has 0 radical (unpaired) electrons. The molecule has 156 valence electrons. The van der Waals surface area contributed by atoms with E-state index in [9.17, 15) is 27.6 Å². The zero-order valence-electron chi connectivity index (χ0n) is 15.7. The number of rotatable bonds is 6. The first-order valence-electron chi connectivity index (χ1n) is 8.66. The molecule has 0 aromatic heterocycles. The summed E-state index contributed by atoms with van der Waals surface area (Å²) in [5.41, 5.74) is 0.237. The van der Waals surface area contributed by atoms with Gasteiger partial charge in [-0.1, -0.05) is 18.2 Å². The molecule has 2 atom stereocenters. The zero-order valence-corrected chi connectivity index (χ0v) is 16.5. The third-order valence-electron chi connectivity index (χ3n) is 5.17. The van der Waals surface area contributed by atoms with Crippen molar-refractivity contribution in [2.75, 3.05) is 6.79 Å². The summed E-state index contributed by atoms with van der Waals surface area (Å²) < 4.78 is 33.2. The molecule has 0 spiro atoms. The SMILES string of the molecule is CC1(C)[C@H](C(=O)OCOC(=O)c2ccccc2CC(=O)O)N2C(=O)C[C@H]2S1(=O)=O.